The first kappa shape index (κ1) is 16.0. The summed E-state index contributed by atoms with van der Waals surface area (Å²) in [7, 11) is 1.84. The molecule has 0 spiro atoms. The molecule has 0 aliphatic carbocycles. The first-order chi connectivity index (χ1) is 9.40. The van der Waals surface area contributed by atoms with Crippen LogP contribution in [0.5, 0.6) is 0 Å². The zero-order valence-electron chi connectivity index (χ0n) is 12.1. The van der Waals surface area contributed by atoms with Crippen molar-refractivity contribution in [1.82, 2.24) is 20.2 Å². The third-order valence-electron chi connectivity index (χ3n) is 2.94. The number of carboxylic acid groups (broad SMARTS) is 1. The summed E-state index contributed by atoms with van der Waals surface area (Å²) in [4.78, 5) is 26.7. The number of aryl methyl sites for hydroxylation is 1. The monoisotopic (exact) mass is 282 g/mol. The number of carbonyl (C=O) groups excluding carboxylic acids is 1. The predicted molar refractivity (Wildman–Crippen MR) is 74.0 cm³/mol. The summed E-state index contributed by atoms with van der Waals surface area (Å²) in [6.45, 7) is 4.34. The summed E-state index contributed by atoms with van der Waals surface area (Å²) in [5, 5.41) is 14.3. The topological polar surface area (TPSA) is 96.3 Å². The van der Waals surface area contributed by atoms with Crippen molar-refractivity contribution in [2.45, 2.75) is 26.8 Å². The highest BCUT2D eigenvalue weighted by molar-refractivity contribution is 5.75. The van der Waals surface area contributed by atoms with Gasteiger partial charge in [-0.05, 0) is 12.3 Å². The van der Waals surface area contributed by atoms with E-state index in [0.717, 1.165) is 5.82 Å². The molecule has 1 heterocycles. The second-order valence-electron chi connectivity index (χ2n) is 5.18. The van der Waals surface area contributed by atoms with Crippen molar-refractivity contribution >= 4 is 12.0 Å². The third kappa shape index (κ3) is 5.29. The second kappa shape index (κ2) is 7.52. The Kier molecular flexibility index (Phi) is 6.02. The van der Waals surface area contributed by atoms with Crippen LogP contribution in [0.25, 0.3) is 0 Å². The van der Waals surface area contributed by atoms with Crippen molar-refractivity contribution in [3.05, 3.63) is 18.2 Å². The van der Waals surface area contributed by atoms with Gasteiger partial charge in [-0.2, -0.15) is 0 Å². The maximum Gasteiger partial charge on any atom is 0.315 e. The summed E-state index contributed by atoms with van der Waals surface area (Å²) >= 11 is 0. The standard InChI is InChI=1S/C13H22N4O3/c1-9(2)6-10(12(18)19)7-15-13(20)16-8-11-14-4-5-17(11)3/h4-5,9-10H,6-8H2,1-3H3,(H,18,19)(H2,15,16,20). The van der Waals surface area contributed by atoms with Gasteiger partial charge in [-0.15, -0.1) is 0 Å². The molecular formula is C13H22N4O3. The van der Waals surface area contributed by atoms with Crippen molar-refractivity contribution in [3.8, 4) is 0 Å². The van der Waals surface area contributed by atoms with Crippen LogP contribution in [0.4, 0.5) is 4.79 Å². The summed E-state index contributed by atoms with van der Waals surface area (Å²) in [5.41, 5.74) is 0. The molecule has 1 unspecified atom stereocenters. The Balaban J connectivity index is 2.34. The van der Waals surface area contributed by atoms with Crippen LogP contribution in [-0.2, 0) is 18.4 Å². The van der Waals surface area contributed by atoms with Crippen molar-refractivity contribution in [2.24, 2.45) is 18.9 Å². The normalized spacial score (nSPS) is 12.2. The van der Waals surface area contributed by atoms with E-state index in [1.165, 1.54) is 0 Å². The molecular weight excluding hydrogens is 260 g/mol. The minimum Gasteiger partial charge on any atom is -0.481 e. The molecule has 0 saturated heterocycles. The first-order valence-corrected chi connectivity index (χ1v) is 6.60. The predicted octanol–water partition coefficient (Wildman–Crippen LogP) is 0.966. The SMILES string of the molecule is CC(C)CC(CNC(=O)NCc1nccn1C)C(=O)O. The molecule has 0 aliphatic heterocycles. The van der Waals surface area contributed by atoms with Crippen molar-refractivity contribution < 1.29 is 14.7 Å². The van der Waals surface area contributed by atoms with Gasteiger partial charge < -0.3 is 20.3 Å². The van der Waals surface area contributed by atoms with E-state index >= 15 is 0 Å². The molecule has 0 bridgehead atoms. The van der Waals surface area contributed by atoms with Gasteiger partial charge in [0.1, 0.15) is 5.82 Å². The number of carbonyl (C=O) groups is 2. The van der Waals surface area contributed by atoms with Crippen LogP contribution in [-0.4, -0.2) is 33.2 Å². The fourth-order valence-electron chi connectivity index (χ4n) is 1.85. The largest absolute Gasteiger partial charge is 0.481 e. The molecule has 20 heavy (non-hydrogen) atoms. The number of carboxylic acids is 1. The molecule has 1 rings (SSSR count). The van der Waals surface area contributed by atoms with Gasteiger partial charge >= 0.3 is 12.0 Å². The molecule has 7 heteroatoms. The lowest BCUT2D eigenvalue weighted by Crippen LogP contribution is -2.40. The summed E-state index contributed by atoms with van der Waals surface area (Å²) in [6.07, 6.45) is 3.98. The molecule has 1 aromatic rings. The van der Waals surface area contributed by atoms with E-state index in [4.69, 9.17) is 5.11 Å². The van der Waals surface area contributed by atoms with Gasteiger partial charge in [0, 0.05) is 26.0 Å². The van der Waals surface area contributed by atoms with E-state index in [2.05, 4.69) is 15.6 Å². The zero-order valence-corrected chi connectivity index (χ0v) is 12.1. The number of hydrogen-bond donors (Lipinski definition) is 3. The Morgan fingerprint density at radius 2 is 2.10 bits per heavy atom. The van der Waals surface area contributed by atoms with Crippen LogP contribution in [0.15, 0.2) is 12.4 Å². The van der Waals surface area contributed by atoms with E-state index in [1.807, 2.05) is 20.9 Å². The van der Waals surface area contributed by atoms with Gasteiger partial charge in [-0.25, -0.2) is 9.78 Å². The quantitative estimate of drug-likeness (QED) is 0.694. The lowest BCUT2D eigenvalue weighted by Gasteiger charge is -2.15. The molecule has 0 radical (unpaired) electrons. The molecule has 0 fully saturated rings. The average Bonchev–Trinajstić information content (AvgIpc) is 2.76. The lowest BCUT2D eigenvalue weighted by molar-refractivity contribution is -0.142. The van der Waals surface area contributed by atoms with Crippen molar-refractivity contribution in [2.75, 3.05) is 6.54 Å². The molecule has 0 aliphatic rings. The Labute approximate surface area is 118 Å². The molecule has 1 aromatic heterocycles. The maximum absolute atomic E-state index is 11.6. The number of hydrogen-bond acceptors (Lipinski definition) is 3. The minimum atomic E-state index is -0.886. The van der Waals surface area contributed by atoms with Crippen LogP contribution in [0.2, 0.25) is 0 Å². The number of rotatable bonds is 7. The highest BCUT2D eigenvalue weighted by Gasteiger charge is 2.19. The van der Waals surface area contributed by atoms with Gasteiger partial charge in [0.2, 0.25) is 0 Å². The van der Waals surface area contributed by atoms with E-state index in [1.54, 1.807) is 17.0 Å². The van der Waals surface area contributed by atoms with Gasteiger partial charge in [-0.3, -0.25) is 4.79 Å². The minimum absolute atomic E-state index is 0.125. The Morgan fingerprint density at radius 3 is 2.60 bits per heavy atom. The summed E-state index contributed by atoms with van der Waals surface area (Å²) in [5.74, 6) is -0.442. The Morgan fingerprint density at radius 1 is 1.40 bits per heavy atom. The van der Waals surface area contributed by atoms with Crippen LogP contribution in [0.3, 0.4) is 0 Å². The van der Waals surface area contributed by atoms with Crippen LogP contribution < -0.4 is 10.6 Å². The number of nitrogens with one attached hydrogen (secondary N) is 2. The lowest BCUT2D eigenvalue weighted by atomic mass is 9.97. The van der Waals surface area contributed by atoms with Crippen molar-refractivity contribution in [3.63, 3.8) is 0 Å². The Bertz CT molecular complexity index is 456. The Hall–Kier alpha value is -2.05. The first-order valence-electron chi connectivity index (χ1n) is 6.60. The average molecular weight is 282 g/mol. The van der Waals surface area contributed by atoms with Crippen LogP contribution >= 0.6 is 0 Å². The summed E-state index contributed by atoms with van der Waals surface area (Å²) < 4.78 is 1.80. The fourth-order valence-corrected chi connectivity index (χ4v) is 1.85. The van der Waals surface area contributed by atoms with E-state index < -0.39 is 11.9 Å². The third-order valence-corrected chi connectivity index (χ3v) is 2.94. The van der Waals surface area contributed by atoms with Crippen LogP contribution in [0, 0.1) is 11.8 Å². The van der Waals surface area contributed by atoms with E-state index in [0.29, 0.717) is 13.0 Å². The fraction of sp³-hybridized carbons (Fsp3) is 0.615. The van der Waals surface area contributed by atoms with Crippen LogP contribution in [0.1, 0.15) is 26.1 Å². The molecule has 1 atom stereocenters. The van der Waals surface area contributed by atoms with Gasteiger partial charge in [0.15, 0.2) is 0 Å². The van der Waals surface area contributed by atoms with E-state index in [9.17, 15) is 9.59 Å². The number of amides is 2. The van der Waals surface area contributed by atoms with Gasteiger partial charge in [-0.1, -0.05) is 13.8 Å². The number of nitrogens with zero attached hydrogens (tertiary/aromatic N) is 2. The zero-order chi connectivity index (χ0) is 15.1. The highest BCUT2D eigenvalue weighted by atomic mass is 16.4. The van der Waals surface area contributed by atoms with Crippen molar-refractivity contribution in [1.29, 1.82) is 0 Å². The molecule has 3 N–H and O–H groups in total. The van der Waals surface area contributed by atoms with Gasteiger partial charge in [0.25, 0.3) is 0 Å². The summed E-state index contributed by atoms with van der Waals surface area (Å²) in [6, 6.07) is -0.386. The highest BCUT2D eigenvalue weighted by Crippen LogP contribution is 2.10. The number of aromatic nitrogens is 2. The van der Waals surface area contributed by atoms with Gasteiger partial charge in [0.05, 0.1) is 12.5 Å². The second-order valence-corrected chi connectivity index (χ2v) is 5.18. The number of aliphatic carboxylic acids is 1. The molecule has 2 amide bonds. The maximum atomic E-state index is 11.6. The van der Waals surface area contributed by atoms with E-state index in [-0.39, 0.29) is 18.5 Å². The molecule has 0 saturated carbocycles. The molecule has 0 aromatic carbocycles. The smallest absolute Gasteiger partial charge is 0.315 e. The number of imidazole rings is 1. The molecule has 7 nitrogen and oxygen atoms in total. The number of urea groups is 1. The molecule has 112 valence electrons.